The van der Waals surface area contributed by atoms with Gasteiger partial charge in [-0.15, -0.1) is 0 Å². The van der Waals surface area contributed by atoms with Gasteiger partial charge in [-0.3, -0.25) is 0 Å². The minimum Gasteiger partial charge on any atom is -0.393 e. The van der Waals surface area contributed by atoms with E-state index in [1.807, 2.05) is 13.2 Å². The largest absolute Gasteiger partial charge is 0.393 e. The molecule has 0 amide bonds. The van der Waals surface area contributed by atoms with Gasteiger partial charge in [-0.1, -0.05) is 6.92 Å². The zero-order valence-corrected chi connectivity index (χ0v) is 5.36. The first-order chi connectivity index (χ1) is 3.88. The van der Waals surface area contributed by atoms with E-state index in [2.05, 4.69) is 17.6 Å². The zero-order valence-electron chi connectivity index (χ0n) is 5.36. The molecule has 0 aromatic heterocycles. The smallest absolute Gasteiger partial charge is 0.0670 e. The third-order valence-corrected chi connectivity index (χ3v) is 1.34. The lowest BCUT2D eigenvalue weighted by Gasteiger charge is -1.78. The van der Waals surface area contributed by atoms with Crippen molar-refractivity contribution in [3.05, 3.63) is 11.9 Å². The minimum absolute atomic E-state index is 0.669. The molecule has 1 aliphatic rings. The predicted octanol–water partition coefficient (Wildman–Crippen LogP) is 0.429. The molecule has 8 heavy (non-hydrogen) atoms. The highest BCUT2D eigenvalue weighted by Gasteiger charge is 2.24. The highest BCUT2D eigenvalue weighted by atomic mass is 15.1. The van der Waals surface area contributed by atoms with Crippen LogP contribution >= 0.6 is 0 Å². The van der Waals surface area contributed by atoms with Gasteiger partial charge in [0, 0.05) is 18.9 Å². The molecular formula is C6H12N2. The first-order valence-electron chi connectivity index (χ1n) is 3.02. The molecule has 0 bridgehead atoms. The number of nitrogens with one attached hydrogen (secondary N) is 2. The molecule has 2 nitrogen and oxygen atoms in total. The second-order valence-corrected chi connectivity index (χ2v) is 1.99. The van der Waals surface area contributed by atoms with E-state index in [0.29, 0.717) is 6.04 Å². The van der Waals surface area contributed by atoms with E-state index in [4.69, 9.17) is 0 Å². The number of rotatable bonds is 2. The van der Waals surface area contributed by atoms with Gasteiger partial charge in [-0.2, -0.15) is 0 Å². The Kier molecular flexibility index (Phi) is 1.42. The van der Waals surface area contributed by atoms with Crippen molar-refractivity contribution < 1.29 is 0 Å². The van der Waals surface area contributed by atoms with E-state index in [0.717, 1.165) is 0 Å². The summed E-state index contributed by atoms with van der Waals surface area (Å²) in [6.07, 6.45) is 3.21. The molecule has 1 fully saturated rings. The Hall–Kier alpha value is -0.660. The van der Waals surface area contributed by atoms with E-state index in [1.165, 1.54) is 12.1 Å². The van der Waals surface area contributed by atoms with Gasteiger partial charge in [0.05, 0.1) is 6.04 Å². The summed E-state index contributed by atoms with van der Waals surface area (Å²) in [6.45, 7) is 2.17. The van der Waals surface area contributed by atoms with Gasteiger partial charge in [-0.05, 0) is 6.42 Å². The second kappa shape index (κ2) is 2.07. The fourth-order valence-electron chi connectivity index (χ4n) is 0.779. The van der Waals surface area contributed by atoms with Crippen LogP contribution in [-0.2, 0) is 0 Å². The Morgan fingerprint density at radius 3 is 3.00 bits per heavy atom. The van der Waals surface area contributed by atoms with E-state index >= 15 is 0 Å². The Labute approximate surface area is 50.0 Å². The fourth-order valence-corrected chi connectivity index (χ4v) is 0.779. The molecule has 0 aromatic carbocycles. The minimum atomic E-state index is 0.669. The molecule has 1 atom stereocenters. The van der Waals surface area contributed by atoms with Crippen LogP contribution in [0, 0.1) is 0 Å². The van der Waals surface area contributed by atoms with Gasteiger partial charge in [0.2, 0.25) is 0 Å². The third-order valence-electron chi connectivity index (χ3n) is 1.34. The lowest BCUT2D eigenvalue weighted by molar-refractivity contribution is 0.898. The molecule has 0 aromatic rings. The van der Waals surface area contributed by atoms with Crippen LogP contribution in [0.25, 0.3) is 0 Å². The molecule has 1 rings (SSSR count). The van der Waals surface area contributed by atoms with Gasteiger partial charge in [0.25, 0.3) is 0 Å². The Morgan fingerprint density at radius 1 is 1.88 bits per heavy atom. The van der Waals surface area contributed by atoms with Crippen molar-refractivity contribution in [2.24, 2.45) is 0 Å². The number of hydrogen-bond donors (Lipinski definition) is 2. The molecule has 1 aliphatic heterocycles. The lowest BCUT2D eigenvalue weighted by atomic mass is 10.3. The van der Waals surface area contributed by atoms with Gasteiger partial charge in [0.1, 0.15) is 0 Å². The summed E-state index contributed by atoms with van der Waals surface area (Å²) in [5.74, 6) is 0. The maximum atomic E-state index is 3.22. The lowest BCUT2D eigenvalue weighted by Crippen LogP contribution is -1.91. The van der Waals surface area contributed by atoms with Crippen molar-refractivity contribution in [1.29, 1.82) is 0 Å². The zero-order chi connectivity index (χ0) is 5.98. The SMILES string of the molecule is CCC1N/C1=C/NC. The summed E-state index contributed by atoms with van der Waals surface area (Å²) in [5.41, 5.74) is 1.34. The summed E-state index contributed by atoms with van der Waals surface area (Å²) in [5, 5.41) is 6.19. The van der Waals surface area contributed by atoms with Gasteiger partial charge < -0.3 is 10.6 Å². The molecule has 1 heterocycles. The Morgan fingerprint density at radius 2 is 2.62 bits per heavy atom. The van der Waals surface area contributed by atoms with Gasteiger partial charge in [0.15, 0.2) is 0 Å². The summed E-state index contributed by atoms with van der Waals surface area (Å²) in [6, 6.07) is 0.669. The summed E-state index contributed by atoms with van der Waals surface area (Å²) in [7, 11) is 1.92. The van der Waals surface area contributed by atoms with Crippen molar-refractivity contribution in [3.63, 3.8) is 0 Å². The van der Waals surface area contributed by atoms with E-state index in [1.54, 1.807) is 0 Å². The maximum Gasteiger partial charge on any atom is 0.0670 e. The van der Waals surface area contributed by atoms with Crippen molar-refractivity contribution in [2.45, 2.75) is 19.4 Å². The van der Waals surface area contributed by atoms with Crippen molar-refractivity contribution in [3.8, 4) is 0 Å². The van der Waals surface area contributed by atoms with Crippen LogP contribution in [0.1, 0.15) is 13.3 Å². The normalized spacial score (nSPS) is 29.8. The van der Waals surface area contributed by atoms with Crippen LogP contribution < -0.4 is 10.6 Å². The molecule has 1 saturated heterocycles. The van der Waals surface area contributed by atoms with Crippen molar-refractivity contribution in [1.82, 2.24) is 10.6 Å². The topological polar surface area (TPSA) is 34.0 Å². The average molecular weight is 112 g/mol. The highest BCUT2D eigenvalue weighted by Crippen LogP contribution is 2.16. The van der Waals surface area contributed by atoms with Crippen LogP contribution in [0.3, 0.4) is 0 Å². The van der Waals surface area contributed by atoms with E-state index in [-0.39, 0.29) is 0 Å². The summed E-state index contributed by atoms with van der Waals surface area (Å²) < 4.78 is 0. The third kappa shape index (κ3) is 0.941. The first kappa shape index (κ1) is 5.48. The predicted molar refractivity (Wildman–Crippen MR) is 34.4 cm³/mol. The fraction of sp³-hybridized carbons (Fsp3) is 0.667. The van der Waals surface area contributed by atoms with Crippen LogP contribution in [-0.4, -0.2) is 13.1 Å². The maximum absolute atomic E-state index is 3.22. The molecule has 0 radical (unpaired) electrons. The molecule has 46 valence electrons. The monoisotopic (exact) mass is 112 g/mol. The van der Waals surface area contributed by atoms with E-state index < -0.39 is 0 Å². The van der Waals surface area contributed by atoms with Crippen LogP contribution in [0.5, 0.6) is 0 Å². The highest BCUT2D eigenvalue weighted by molar-refractivity contribution is 5.23. The molecule has 0 spiro atoms. The summed E-state index contributed by atoms with van der Waals surface area (Å²) >= 11 is 0. The van der Waals surface area contributed by atoms with Crippen LogP contribution in [0.2, 0.25) is 0 Å². The van der Waals surface area contributed by atoms with Crippen molar-refractivity contribution >= 4 is 0 Å². The molecule has 2 heteroatoms. The Bertz CT molecular complexity index is 107. The Balaban J connectivity index is 2.25. The molecule has 1 unspecified atom stereocenters. The quantitative estimate of drug-likeness (QED) is 0.508. The standard InChI is InChI=1S/C6H12N2/c1-3-5-6(8-5)4-7-2/h4-5,7-8H,3H2,1-2H3/b6-4+. The molecule has 0 aliphatic carbocycles. The molecule has 0 saturated carbocycles. The molecule has 2 N–H and O–H groups in total. The van der Waals surface area contributed by atoms with E-state index in [9.17, 15) is 0 Å². The summed E-state index contributed by atoms with van der Waals surface area (Å²) in [4.78, 5) is 0. The van der Waals surface area contributed by atoms with Gasteiger partial charge >= 0.3 is 0 Å². The van der Waals surface area contributed by atoms with Crippen LogP contribution in [0.4, 0.5) is 0 Å². The average Bonchev–Trinajstić information content (AvgIpc) is 2.48. The van der Waals surface area contributed by atoms with Crippen LogP contribution in [0.15, 0.2) is 11.9 Å². The first-order valence-corrected chi connectivity index (χ1v) is 3.02. The molecular weight excluding hydrogens is 100 g/mol. The van der Waals surface area contributed by atoms with Gasteiger partial charge in [-0.25, -0.2) is 0 Å². The number of hydrogen-bond acceptors (Lipinski definition) is 2. The van der Waals surface area contributed by atoms with Crippen molar-refractivity contribution in [2.75, 3.05) is 7.05 Å². The second-order valence-electron chi connectivity index (χ2n) is 1.99.